The summed E-state index contributed by atoms with van der Waals surface area (Å²) in [5.41, 5.74) is 5.34. The molecule has 1 heterocycles. The van der Waals surface area contributed by atoms with Crippen LogP contribution in [0.5, 0.6) is 11.5 Å². The van der Waals surface area contributed by atoms with Gasteiger partial charge in [0.25, 0.3) is 5.91 Å². The molecule has 2 aromatic rings. The van der Waals surface area contributed by atoms with Gasteiger partial charge in [-0.25, -0.2) is 5.48 Å². The maximum Gasteiger partial charge on any atom is 0.267 e. The fraction of sp³-hybridized carbons (Fsp3) is 0.286. The monoisotopic (exact) mass is 353 g/mol. The smallest absolute Gasteiger partial charge is 0.267 e. The third-order valence-corrected chi connectivity index (χ3v) is 4.00. The van der Waals surface area contributed by atoms with Crippen LogP contribution in [0.1, 0.15) is 30.5 Å². The van der Waals surface area contributed by atoms with Crippen molar-refractivity contribution in [1.82, 2.24) is 5.48 Å². The molecule has 1 aliphatic heterocycles. The predicted molar refractivity (Wildman–Crippen MR) is 99.8 cm³/mol. The normalized spacial score (nSPS) is 15.5. The van der Waals surface area contributed by atoms with Crippen LogP contribution in [0.3, 0.4) is 0 Å². The zero-order valence-electron chi connectivity index (χ0n) is 15.0. The Morgan fingerprint density at radius 1 is 1.31 bits per heavy atom. The van der Waals surface area contributed by atoms with Crippen molar-refractivity contribution in [3.8, 4) is 11.5 Å². The predicted octanol–water partition coefficient (Wildman–Crippen LogP) is 3.67. The van der Waals surface area contributed by atoms with Crippen molar-refractivity contribution in [1.29, 1.82) is 0 Å². The van der Waals surface area contributed by atoms with E-state index in [1.54, 1.807) is 6.08 Å². The molecule has 5 heteroatoms. The summed E-state index contributed by atoms with van der Waals surface area (Å²) in [4.78, 5) is 17.2. The van der Waals surface area contributed by atoms with Gasteiger partial charge in [0.2, 0.25) is 0 Å². The number of amides is 1. The standard InChI is InChI=1S/C21H23NO4/c1-3-24-19-13-18-11-15(2)26-20(18)12-17(19)9-10-21(23)22-25-14-16-7-5-4-6-8-16/h4-10,12-13,15H,3,11,14H2,1-2H3,(H,22,23). The van der Waals surface area contributed by atoms with Gasteiger partial charge in [0, 0.05) is 23.6 Å². The number of nitrogens with one attached hydrogen (secondary N) is 1. The van der Waals surface area contributed by atoms with Gasteiger partial charge in [0.1, 0.15) is 17.6 Å². The first-order valence-electron chi connectivity index (χ1n) is 8.76. The molecule has 0 radical (unpaired) electrons. The van der Waals surface area contributed by atoms with Crippen molar-refractivity contribution < 1.29 is 19.1 Å². The fourth-order valence-corrected chi connectivity index (χ4v) is 2.83. The highest BCUT2D eigenvalue weighted by atomic mass is 16.6. The third-order valence-electron chi connectivity index (χ3n) is 4.00. The number of fused-ring (bicyclic) bond motifs is 1. The number of ether oxygens (including phenoxy) is 2. The summed E-state index contributed by atoms with van der Waals surface area (Å²) in [6, 6.07) is 13.6. The molecule has 0 bridgehead atoms. The molecule has 1 atom stereocenters. The number of hydrogen-bond donors (Lipinski definition) is 1. The maximum atomic E-state index is 12.0. The molecule has 1 aliphatic rings. The second kappa shape index (κ2) is 8.54. The summed E-state index contributed by atoms with van der Waals surface area (Å²) in [6.45, 7) is 4.84. The van der Waals surface area contributed by atoms with Gasteiger partial charge in [-0.15, -0.1) is 0 Å². The van der Waals surface area contributed by atoms with Crippen molar-refractivity contribution in [2.45, 2.75) is 33.0 Å². The van der Waals surface area contributed by atoms with Crippen LogP contribution in [0.4, 0.5) is 0 Å². The van der Waals surface area contributed by atoms with Crippen LogP contribution < -0.4 is 15.0 Å². The number of rotatable bonds is 7. The minimum Gasteiger partial charge on any atom is -0.493 e. The minimum absolute atomic E-state index is 0.161. The number of carbonyl (C=O) groups is 1. The van der Waals surface area contributed by atoms with Gasteiger partial charge in [-0.3, -0.25) is 9.63 Å². The number of hydrogen-bond acceptors (Lipinski definition) is 4. The molecule has 3 rings (SSSR count). The van der Waals surface area contributed by atoms with E-state index in [0.29, 0.717) is 13.2 Å². The van der Waals surface area contributed by atoms with Crippen molar-refractivity contribution in [3.63, 3.8) is 0 Å². The summed E-state index contributed by atoms with van der Waals surface area (Å²) < 4.78 is 11.5. The average molecular weight is 353 g/mol. The molecule has 0 saturated carbocycles. The van der Waals surface area contributed by atoms with Gasteiger partial charge in [-0.2, -0.15) is 0 Å². The molecule has 0 aliphatic carbocycles. The van der Waals surface area contributed by atoms with Gasteiger partial charge >= 0.3 is 0 Å². The first-order chi connectivity index (χ1) is 12.7. The topological polar surface area (TPSA) is 56.8 Å². The van der Waals surface area contributed by atoms with Crippen LogP contribution in [0.25, 0.3) is 6.08 Å². The molecule has 0 aromatic heterocycles. The lowest BCUT2D eigenvalue weighted by Gasteiger charge is -2.10. The minimum atomic E-state index is -0.335. The van der Waals surface area contributed by atoms with Crippen LogP contribution in [-0.2, 0) is 22.7 Å². The SMILES string of the molecule is CCOc1cc2c(cc1C=CC(=O)NOCc1ccccc1)OC(C)C2. The second-order valence-corrected chi connectivity index (χ2v) is 6.14. The molecule has 2 aromatic carbocycles. The Balaban J connectivity index is 1.61. The van der Waals surface area contributed by atoms with Crippen LogP contribution >= 0.6 is 0 Å². The Hall–Kier alpha value is -2.79. The lowest BCUT2D eigenvalue weighted by atomic mass is 10.1. The first kappa shape index (κ1) is 18.0. The Morgan fingerprint density at radius 2 is 2.12 bits per heavy atom. The quantitative estimate of drug-likeness (QED) is 0.609. The largest absolute Gasteiger partial charge is 0.493 e. The van der Waals surface area contributed by atoms with Crippen molar-refractivity contribution in [3.05, 3.63) is 65.2 Å². The lowest BCUT2D eigenvalue weighted by Crippen LogP contribution is -2.21. The highest BCUT2D eigenvalue weighted by Gasteiger charge is 2.21. The van der Waals surface area contributed by atoms with Gasteiger partial charge in [0.15, 0.2) is 0 Å². The summed E-state index contributed by atoms with van der Waals surface area (Å²) in [5, 5.41) is 0. The van der Waals surface area contributed by atoms with Gasteiger partial charge in [-0.05, 0) is 37.6 Å². The van der Waals surface area contributed by atoms with Gasteiger partial charge < -0.3 is 9.47 Å². The summed E-state index contributed by atoms with van der Waals surface area (Å²) in [5.74, 6) is 1.26. The van der Waals surface area contributed by atoms with Gasteiger partial charge in [0.05, 0.1) is 13.2 Å². The van der Waals surface area contributed by atoms with E-state index in [1.807, 2.05) is 56.3 Å². The molecule has 1 N–H and O–H groups in total. The van der Waals surface area contributed by atoms with Crippen molar-refractivity contribution >= 4 is 12.0 Å². The Morgan fingerprint density at radius 3 is 2.88 bits per heavy atom. The van der Waals surface area contributed by atoms with E-state index in [-0.39, 0.29) is 12.0 Å². The second-order valence-electron chi connectivity index (χ2n) is 6.14. The zero-order chi connectivity index (χ0) is 18.4. The number of hydroxylamine groups is 1. The molecule has 0 saturated heterocycles. The molecule has 26 heavy (non-hydrogen) atoms. The lowest BCUT2D eigenvalue weighted by molar-refractivity contribution is -0.129. The van der Waals surface area contributed by atoms with Crippen molar-refractivity contribution in [2.75, 3.05) is 6.61 Å². The Labute approximate surface area is 153 Å². The van der Waals surface area contributed by atoms with Crippen LogP contribution in [0, 0.1) is 0 Å². The van der Waals surface area contributed by atoms with Crippen LogP contribution in [0.2, 0.25) is 0 Å². The molecule has 1 unspecified atom stereocenters. The summed E-state index contributed by atoms with van der Waals surface area (Å²) in [7, 11) is 0. The molecule has 0 fully saturated rings. The van der Waals surface area contributed by atoms with E-state index in [9.17, 15) is 4.79 Å². The first-order valence-corrected chi connectivity index (χ1v) is 8.76. The zero-order valence-corrected chi connectivity index (χ0v) is 15.0. The maximum absolute atomic E-state index is 12.0. The average Bonchev–Trinajstić information content (AvgIpc) is 3.00. The summed E-state index contributed by atoms with van der Waals surface area (Å²) >= 11 is 0. The van der Waals surface area contributed by atoms with E-state index in [2.05, 4.69) is 5.48 Å². The van der Waals surface area contributed by atoms with Crippen LogP contribution in [0.15, 0.2) is 48.5 Å². The van der Waals surface area contributed by atoms with Crippen molar-refractivity contribution in [2.24, 2.45) is 0 Å². The van der Waals surface area contributed by atoms with E-state index < -0.39 is 0 Å². The van der Waals surface area contributed by atoms with E-state index in [1.165, 1.54) is 6.08 Å². The molecular weight excluding hydrogens is 330 g/mol. The highest BCUT2D eigenvalue weighted by molar-refractivity contribution is 5.91. The Kier molecular flexibility index (Phi) is 5.92. The van der Waals surface area contributed by atoms with Crippen LogP contribution in [-0.4, -0.2) is 18.6 Å². The third kappa shape index (κ3) is 4.64. The fourth-order valence-electron chi connectivity index (χ4n) is 2.83. The highest BCUT2D eigenvalue weighted by Crippen LogP contribution is 2.35. The molecular formula is C21H23NO4. The Bertz CT molecular complexity index is 786. The van der Waals surface area contributed by atoms with E-state index >= 15 is 0 Å². The number of benzene rings is 2. The number of carbonyl (C=O) groups excluding carboxylic acids is 1. The molecule has 136 valence electrons. The molecule has 0 spiro atoms. The van der Waals surface area contributed by atoms with E-state index in [4.69, 9.17) is 14.3 Å². The van der Waals surface area contributed by atoms with E-state index in [0.717, 1.165) is 34.6 Å². The summed E-state index contributed by atoms with van der Waals surface area (Å²) in [6.07, 6.45) is 4.16. The molecule has 5 nitrogen and oxygen atoms in total. The van der Waals surface area contributed by atoms with Gasteiger partial charge in [-0.1, -0.05) is 30.3 Å². The molecule has 1 amide bonds.